The molecule has 1 fully saturated rings. The van der Waals surface area contributed by atoms with Crippen molar-refractivity contribution in [2.75, 3.05) is 36.5 Å². The second-order valence-corrected chi connectivity index (χ2v) is 13.6. The van der Waals surface area contributed by atoms with Crippen molar-refractivity contribution in [1.29, 1.82) is 0 Å². The van der Waals surface area contributed by atoms with Gasteiger partial charge in [0.15, 0.2) is 5.65 Å². The maximum absolute atomic E-state index is 13.5. The van der Waals surface area contributed by atoms with Crippen LogP contribution in [0.3, 0.4) is 0 Å². The number of nitrogens with one attached hydrogen (secondary N) is 2. The smallest absolute Gasteiger partial charge is 0.320 e. The van der Waals surface area contributed by atoms with Crippen molar-refractivity contribution in [3.63, 3.8) is 0 Å². The van der Waals surface area contributed by atoms with Gasteiger partial charge in [-0.1, -0.05) is 56.6 Å². The summed E-state index contributed by atoms with van der Waals surface area (Å²) in [5.74, 6) is 1.90. The molecule has 2 aromatic carbocycles. The molecule has 1 aliphatic carbocycles. The lowest BCUT2D eigenvalue weighted by Gasteiger charge is -2.32. The lowest BCUT2D eigenvalue weighted by atomic mass is 9.85. The number of phenols is 1. The zero-order valence-electron chi connectivity index (χ0n) is 27.2. The molecule has 3 aromatic heterocycles. The number of benzene rings is 2. The summed E-state index contributed by atoms with van der Waals surface area (Å²) in [6, 6.07) is 18.0. The van der Waals surface area contributed by atoms with Crippen LogP contribution in [-0.2, 0) is 10.2 Å². The average molecular weight is 671 g/mol. The molecule has 2 aliphatic rings. The Morgan fingerprint density at radius 1 is 1.02 bits per heavy atom. The summed E-state index contributed by atoms with van der Waals surface area (Å²) >= 11 is 6.05. The number of hydrogen-bond donors (Lipinski definition) is 3. The highest BCUT2D eigenvalue weighted by molar-refractivity contribution is 6.32. The van der Waals surface area contributed by atoms with Crippen molar-refractivity contribution in [2.45, 2.75) is 57.6 Å². The molecule has 0 bridgehead atoms. The van der Waals surface area contributed by atoms with E-state index >= 15 is 0 Å². The number of hydrogen-bond acceptors (Lipinski definition) is 8. The number of ether oxygens (including phenoxy) is 2. The van der Waals surface area contributed by atoms with Crippen molar-refractivity contribution < 1.29 is 19.4 Å². The minimum atomic E-state index is -0.363. The van der Waals surface area contributed by atoms with Gasteiger partial charge in [-0.25, -0.2) is 9.48 Å². The number of amides is 2. The van der Waals surface area contributed by atoms with Crippen molar-refractivity contribution in [2.24, 2.45) is 0 Å². The van der Waals surface area contributed by atoms with E-state index in [1.165, 1.54) is 6.07 Å². The largest absolute Gasteiger partial charge is 0.506 e. The third-order valence-corrected chi connectivity index (χ3v) is 9.10. The van der Waals surface area contributed by atoms with E-state index in [1.54, 1.807) is 16.8 Å². The molecule has 0 spiro atoms. The fourth-order valence-corrected chi connectivity index (χ4v) is 6.37. The van der Waals surface area contributed by atoms with Crippen LogP contribution in [-0.4, -0.2) is 61.8 Å². The van der Waals surface area contributed by atoms with Crippen molar-refractivity contribution >= 4 is 35.0 Å². The normalized spacial score (nSPS) is 18.3. The van der Waals surface area contributed by atoms with Crippen LogP contribution in [0.2, 0.25) is 5.02 Å². The first-order chi connectivity index (χ1) is 23.1. The van der Waals surface area contributed by atoms with Gasteiger partial charge in [-0.3, -0.25) is 9.72 Å². The van der Waals surface area contributed by atoms with Crippen molar-refractivity contribution in [3.8, 4) is 17.2 Å². The Morgan fingerprint density at radius 3 is 2.67 bits per heavy atom. The molecule has 4 heterocycles. The lowest BCUT2D eigenvalue weighted by molar-refractivity contribution is 0.152. The third kappa shape index (κ3) is 6.50. The standard InChI is InChI=1S/C35H39ClN8O4/c1-35(2,3)30-20-32(44(41-30)22-9-11-26(36)28(45)19-22)38-33(46)37-27-12-13-29(25-8-5-4-7-24(25)27)48-23-10-14-31-39-40-34(43(31)21-23)42-15-6-17-47-18-16-42/h4-5,7-11,14,19-21,27,29,45H,6,12-13,15-18H2,1-3H3,(H2,37,38,46)/t27-,29+/m0/s1. The van der Waals surface area contributed by atoms with Gasteiger partial charge in [-0.2, -0.15) is 5.10 Å². The fraction of sp³-hybridized carbons (Fsp3) is 0.371. The highest BCUT2D eigenvalue weighted by Crippen LogP contribution is 2.39. The van der Waals surface area contributed by atoms with E-state index in [9.17, 15) is 9.90 Å². The molecule has 48 heavy (non-hydrogen) atoms. The predicted octanol–water partition coefficient (Wildman–Crippen LogP) is 6.57. The average Bonchev–Trinajstić information content (AvgIpc) is 3.58. The molecular weight excluding hydrogens is 632 g/mol. The third-order valence-electron chi connectivity index (χ3n) is 8.78. The number of pyridine rings is 1. The summed E-state index contributed by atoms with van der Waals surface area (Å²) in [5.41, 5.74) is 3.87. The number of fused-ring (bicyclic) bond motifs is 2. The van der Waals surface area contributed by atoms with E-state index in [4.69, 9.17) is 26.2 Å². The van der Waals surface area contributed by atoms with Crippen LogP contribution in [0, 0.1) is 0 Å². The molecule has 12 nitrogen and oxygen atoms in total. The molecule has 1 saturated heterocycles. The fourth-order valence-electron chi connectivity index (χ4n) is 6.25. The Labute approximate surface area is 283 Å². The van der Waals surface area contributed by atoms with E-state index < -0.39 is 0 Å². The van der Waals surface area contributed by atoms with Gasteiger partial charge >= 0.3 is 6.03 Å². The van der Waals surface area contributed by atoms with Gasteiger partial charge in [0.1, 0.15) is 23.4 Å². The summed E-state index contributed by atoms with van der Waals surface area (Å²) in [6.07, 6.45) is 4.08. The first-order valence-electron chi connectivity index (χ1n) is 16.2. The number of carbonyl (C=O) groups is 1. The molecule has 0 saturated carbocycles. The van der Waals surface area contributed by atoms with Gasteiger partial charge in [0.2, 0.25) is 5.95 Å². The van der Waals surface area contributed by atoms with Gasteiger partial charge in [-0.05, 0) is 54.7 Å². The van der Waals surface area contributed by atoms with Crippen molar-refractivity contribution in [3.05, 3.63) is 88.7 Å². The molecule has 0 radical (unpaired) electrons. The maximum atomic E-state index is 13.5. The summed E-state index contributed by atoms with van der Waals surface area (Å²) < 4.78 is 15.8. The minimum Gasteiger partial charge on any atom is -0.506 e. The van der Waals surface area contributed by atoms with E-state index in [-0.39, 0.29) is 34.4 Å². The molecule has 1 aliphatic heterocycles. The summed E-state index contributed by atoms with van der Waals surface area (Å²) in [4.78, 5) is 15.7. The summed E-state index contributed by atoms with van der Waals surface area (Å²) in [5, 5.41) is 30.2. The van der Waals surface area contributed by atoms with Crippen LogP contribution in [0.15, 0.2) is 66.9 Å². The van der Waals surface area contributed by atoms with Gasteiger partial charge in [0.05, 0.1) is 35.2 Å². The number of aromatic nitrogens is 5. The minimum absolute atomic E-state index is 0.0671. The molecule has 3 N–H and O–H groups in total. The Balaban J connectivity index is 1.09. The number of carbonyl (C=O) groups excluding carboxylic acids is 1. The Kier molecular flexibility index (Phi) is 8.61. The monoisotopic (exact) mass is 670 g/mol. The Bertz CT molecular complexity index is 1940. The predicted molar refractivity (Wildman–Crippen MR) is 184 cm³/mol. The number of aromatic hydroxyl groups is 1. The number of nitrogens with zero attached hydrogens (tertiary/aromatic N) is 6. The Morgan fingerprint density at radius 2 is 1.85 bits per heavy atom. The van der Waals surface area contributed by atoms with Gasteiger partial charge < -0.3 is 24.8 Å². The van der Waals surface area contributed by atoms with Crippen LogP contribution >= 0.6 is 11.6 Å². The number of urea groups is 1. The molecule has 2 atom stereocenters. The topological polar surface area (TPSA) is 131 Å². The van der Waals surface area contributed by atoms with Crippen LogP contribution in [0.1, 0.15) is 69.0 Å². The van der Waals surface area contributed by atoms with E-state index in [0.717, 1.165) is 60.3 Å². The molecule has 250 valence electrons. The highest BCUT2D eigenvalue weighted by atomic mass is 35.5. The zero-order valence-corrected chi connectivity index (χ0v) is 27.9. The molecule has 7 rings (SSSR count). The quantitative estimate of drug-likeness (QED) is 0.185. The van der Waals surface area contributed by atoms with Crippen LogP contribution < -0.4 is 20.3 Å². The zero-order chi connectivity index (χ0) is 33.4. The van der Waals surface area contributed by atoms with Crippen LogP contribution in [0.25, 0.3) is 11.3 Å². The first kappa shape index (κ1) is 31.8. The molecular formula is C35H39ClN8O4. The van der Waals surface area contributed by atoms with Crippen molar-refractivity contribution in [1.82, 2.24) is 29.7 Å². The molecule has 2 amide bonds. The lowest BCUT2D eigenvalue weighted by Crippen LogP contribution is -2.36. The molecule has 0 unspecified atom stereocenters. The second kappa shape index (κ2) is 13.0. The SMILES string of the molecule is CC(C)(C)c1cc(NC(=O)N[C@H]2CC[C@@H](Oc3ccc4nnc(N5CCCOCC5)n4c3)c3ccccc32)n(-c2ccc(Cl)c(O)c2)n1. The van der Waals surface area contributed by atoms with Crippen LogP contribution in [0.4, 0.5) is 16.6 Å². The Hall–Kier alpha value is -4.81. The number of halogens is 1. The number of phenolic OH excluding ortho intramolecular Hbond substituents is 1. The number of anilines is 2. The maximum Gasteiger partial charge on any atom is 0.320 e. The first-order valence-corrected chi connectivity index (χ1v) is 16.6. The molecule has 5 aromatic rings. The molecule has 13 heteroatoms. The van der Waals surface area contributed by atoms with Gasteiger partial charge in [0.25, 0.3) is 0 Å². The number of rotatable bonds is 6. The van der Waals surface area contributed by atoms with Gasteiger partial charge in [-0.15, -0.1) is 10.2 Å². The van der Waals surface area contributed by atoms with E-state index in [0.29, 0.717) is 31.0 Å². The second-order valence-electron chi connectivity index (χ2n) is 13.2. The van der Waals surface area contributed by atoms with Gasteiger partial charge in [0, 0.05) is 37.2 Å². The highest BCUT2D eigenvalue weighted by Gasteiger charge is 2.30. The van der Waals surface area contributed by atoms with Crippen LogP contribution in [0.5, 0.6) is 11.5 Å². The summed E-state index contributed by atoms with van der Waals surface area (Å²) in [6.45, 7) is 9.17. The van der Waals surface area contributed by atoms with E-state index in [2.05, 4.69) is 52.6 Å². The summed E-state index contributed by atoms with van der Waals surface area (Å²) in [7, 11) is 0. The van der Waals surface area contributed by atoms with E-state index in [1.807, 2.05) is 47.0 Å².